The molecule has 0 spiro atoms. The van der Waals surface area contributed by atoms with Crippen LogP contribution in [0.25, 0.3) is 0 Å². The molecule has 0 aliphatic carbocycles. The molecule has 4 N–H and O–H groups in total. The fourth-order valence-electron chi connectivity index (χ4n) is 1.41. The molecule has 0 aromatic rings. The maximum absolute atomic E-state index is 11.6. The lowest BCUT2D eigenvalue weighted by Crippen LogP contribution is -2.52. The minimum atomic E-state index is -0.593. The second-order valence-electron chi connectivity index (χ2n) is 5.35. The average Bonchev–Trinajstić information content (AvgIpc) is 2.23. The van der Waals surface area contributed by atoms with Gasteiger partial charge in [0.2, 0.25) is 11.8 Å². The Kier molecular flexibility index (Phi) is 6.86. The topological polar surface area (TPSA) is 93.5 Å². The van der Waals surface area contributed by atoms with Gasteiger partial charge in [0.25, 0.3) is 0 Å². The first-order valence-corrected chi connectivity index (χ1v) is 6.03. The van der Waals surface area contributed by atoms with Gasteiger partial charge in [0, 0.05) is 7.11 Å². The lowest BCUT2D eigenvalue weighted by Gasteiger charge is -2.25. The smallest absolute Gasteiger partial charge is 0.239 e. The maximum atomic E-state index is 11.6. The van der Waals surface area contributed by atoms with Crippen molar-refractivity contribution in [3.8, 4) is 0 Å². The van der Waals surface area contributed by atoms with Crippen LogP contribution in [0.15, 0.2) is 0 Å². The van der Waals surface area contributed by atoms with Crippen LogP contribution in [0.4, 0.5) is 0 Å². The lowest BCUT2D eigenvalue weighted by atomic mass is 10.1. The van der Waals surface area contributed by atoms with Crippen LogP contribution in [0.5, 0.6) is 0 Å². The second-order valence-corrected chi connectivity index (χ2v) is 5.35. The molecule has 0 aliphatic heterocycles. The number of amides is 2. The van der Waals surface area contributed by atoms with Crippen LogP contribution in [0, 0.1) is 5.92 Å². The van der Waals surface area contributed by atoms with Crippen LogP contribution < -0.4 is 16.4 Å². The average molecular weight is 259 g/mol. The number of hydrogen-bond acceptors (Lipinski definition) is 4. The summed E-state index contributed by atoms with van der Waals surface area (Å²) in [6.07, 6.45) is 0. The summed E-state index contributed by atoms with van der Waals surface area (Å²) in [5, 5.41) is 5.27. The highest BCUT2D eigenvalue weighted by molar-refractivity contribution is 5.87. The maximum Gasteiger partial charge on any atom is 0.239 e. The third-order valence-electron chi connectivity index (χ3n) is 2.43. The van der Waals surface area contributed by atoms with Gasteiger partial charge in [0.05, 0.1) is 24.7 Å². The number of methoxy groups -OCH3 is 1. The molecule has 1 atom stereocenters. The van der Waals surface area contributed by atoms with E-state index in [4.69, 9.17) is 10.5 Å². The molecule has 0 aromatic heterocycles. The highest BCUT2D eigenvalue weighted by Crippen LogP contribution is 2.01. The summed E-state index contributed by atoms with van der Waals surface area (Å²) in [6, 6.07) is -0.593. The van der Waals surface area contributed by atoms with Gasteiger partial charge in [-0.05, 0) is 19.8 Å². The molecule has 2 amide bonds. The van der Waals surface area contributed by atoms with Crippen LogP contribution in [0.2, 0.25) is 0 Å². The molecule has 0 saturated heterocycles. The van der Waals surface area contributed by atoms with Crippen molar-refractivity contribution in [3.05, 3.63) is 0 Å². The van der Waals surface area contributed by atoms with Gasteiger partial charge in [-0.15, -0.1) is 0 Å². The molecule has 6 nitrogen and oxygen atoms in total. The van der Waals surface area contributed by atoms with Crippen molar-refractivity contribution in [1.29, 1.82) is 0 Å². The molecule has 106 valence electrons. The fraction of sp³-hybridized carbons (Fsp3) is 0.833. The van der Waals surface area contributed by atoms with Gasteiger partial charge in [-0.1, -0.05) is 13.8 Å². The van der Waals surface area contributed by atoms with Crippen LogP contribution in [-0.2, 0) is 14.3 Å². The predicted octanol–water partition coefficient (Wildman–Crippen LogP) is -0.373. The van der Waals surface area contributed by atoms with Crippen molar-refractivity contribution < 1.29 is 14.3 Å². The molecule has 0 aromatic carbocycles. The lowest BCUT2D eigenvalue weighted by molar-refractivity contribution is -0.128. The van der Waals surface area contributed by atoms with E-state index >= 15 is 0 Å². The number of hydrogen-bond donors (Lipinski definition) is 3. The van der Waals surface area contributed by atoms with Crippen molar-refractivity contribution in [2.45, 2.75) is 39.3 Å². The Morgan fingerprint density at radius 1 is 1.33 bits per heavy atom. The zero-order chi connectivity index (χ0) is 14.3. The van der Waals surface area contributed by atoms with Gasteiger partial charge in [-0.25, -0.2) is 0 Å². The van der Waals surface area contributed by atoms with E-state index in [1.807, 2.05) is 27.7 Å². The molecule has 0 bridgehead atoms. The summed E-state index contributed by atoms with van der Waals surface area (Å²) in [5.74, 6) is -0.538. The van der Waals surface area contributed by atoms with Crippen molar-refractivity contribution in [2.75, 3.05) is 20.3 Å². The first-order chi connectivity index (χ1) is 8.19. The Morgan fingerprint density at radius 3 is 2.33 bits per heavy atom. The molecule has 18 heavy (non-hydrogen) atoms. The molecule has 0 heterocycles. The first-order valence-electron chi connectivity index (χ1n) is 6.03. The summed E-state index contributed by atoms with van der Waals surface area (Å²) in [4.78, 5) is 23.1. The largest absolute Gasteiger partial charge is 0.382 e. The number of ether oxygens (including phenoxy) is 1. The van der Waals surface area contributed by atoms with Crippen LogP contribution in [0.3, 0.4) is 0 Å². The van der Waals surface area contributed by atoms with Gasteiger partial charge in [-0.2, -0.15) is 0 Å². The van der Waals surface area contributed by atoms with Gasteiger partial charge >= 0.3 is 0 Å². The van der Waals surface area contributed by atoms with E-state index in [1.165, 1.54) is 0 Å². The number of nitrogens with one attached hydrogen (secondary N) is 2. The number of nitrogens with two attached hydrogens (primary N) is 1. The summed E-state index contributed by atoms with van der Waals surface area (Å²) in [7, 11) is 1.57. The Morgan fingerprint density at radius 2 is 1.89 bits per heavy atom. The van der Waals surface area contributed by atoms with Gasteiger partial charge in [0.1, 0.15) is 0 Å². The Bertz CT molecular complexity index is 290. The Balaban J connectivity index is 4.08. The molecule has 0 saturated carbocycles. The second kappa shape index (κ2) is 7.33. The predicted molar refractivity (Wildman–Crippen MR) is 69.9 cm³/mol. The Labute approximate surface area is 109 Å². The van der Waals surface area contributed by atoms with Crippen molar-refractivity contribution >= 4 is 11.8 Å². The van der Waals surface area contributed by atoms with Crippen LogP contribution in [0.1, 0.15) is 27.7 Å². The summed E-state index contributed by atoms with van der Waals surface area (Å²) in [6.45, 7) is 7.72. The standard InChI is InChI=1S/C12H25N3O3/c1-8(2)10(13)11(17)14-6-9(16)15-12(3,4)7-18-5/h8,10H,6-7,13H2,1-5H3,(H,14,17)(H,15,16)/t10-/m0/s1. The molecule has 0 rings (SSSR count). The fourth-order valence-corrected chi connectivity index (χ4v) is 1.41. The summed E-state index contributed by atoms with van der Waals surface area (Å²) < 4.78 is 4.98. The summed E-state index contributed by atoms with van der Waals surface area (Å²) >= 11 is 0. The van der Waals surface area contributed by atoms with Gasteiger partial charge in [-0.3, -0.25) is 9.59 Å². The molecule has 0 aliphatic rings. The van der Waals surface area contributed by atoms with Crippen molar-refractivity contribution in [3.63, 3.8) is 0 Å². The van der Waals surface area contributed by atoms with Crippen molar-refractivity contribution in [2.24, 2.45) is 11.7 Å². The molecule has 6 heteroatoms. The van der Waals surface area contributed by atoms with E-state index in [-0.39, 0.29) is 24.3 Å². The first kappa shape index (κ1) is 16.9. The normalized spacial score (nSPS) is 13.3. The molecular weight excluding hydrogens is 234 g/mol. The number of rotatable bonds is 7. The zero-order valence-electron chi connectivity index (χ0n) is 11.9. The van der Waals surface area contributed by atoms with Gasteiger partial charge < -0.3 is 21.1 Å². The molecule has 0 unspecified atom stereocenters. The molecule has 0 radical (unpaired) electrons. The van der Waals surface area contributed by atoms with E-state index in [2.05, 4.69) is 10.6 Å². The van der Waals surface area contributed by atoms with E-state index in [0.29, 0.717) is 6.61 Å². The van der Waals surface area contributed by atoms with Gasteiger partial charge in [0.15, 0.2) is 0 Å². The van der Waals surface area contributed by atoms with E-state index < -0.39 is 11.6 Å². The minimum absolute atomic E-state index is 0.0398. The monoisotopic (exact) mass is 259 g/mol. The SMILES string of the molecule is COCC(C)(C)NC(=O)CNC(=O)[C@@H](N)C(C)C. The number of carbonyl (C=O) groups excluding carboxylic acids is 2. The quantitative estimate of drug-likeness (QED) is 0.581. The van der Waals surface area contributed by atoms with E-state index in [0.717, 1.165) is 0 Å². The van der Waals surface area contributed by atoms with E-state index in [1.54, 1.807) is 7.11 Å². The highest BCUT2D eigenvalue weighted by atomic mass is 16.5. The zero-order valence-corrected chi connectivity index (χ0v) is 11.9. The molecule has 0 fully saturated rings. The van der Waals surface area contributed by atoms with Crippen LogP contribution >= 0.6 is 0 Å². The summed E-state index contributed by atoms with van der Waals surface area (Å²) in [5.41, 5.74) is 5.20. The van der Waals surface area contributed by atoms with Crippen LogP contribution in [-0.4, -0.2) is 43.7 Å². The van der Waals surface area contributed by atoms with E-state index in [9.17, 15) is 9.59 Å². The van der Waals surface area contributed by atoms with Crippen molar-refractivity contribution in [1.82, 2.24) is 10.6 Å². The highest BCUT2D eigenvalue weighted by Gasteiger charge is 2.22. The number of carbonyl (C=O) groups is 2. The minimum Gasteiger partial charge on any atom is -0.382 e. The molecular formula is C12H25N3O3. The third kappa shape index (κ3) is 6.56. The Hall–Kier alpha value is -1.14. The third-order valence-corrected chi connectivity index (χ3v) is 2.43.